The number of nitrogens with zero attached hydrogens (tertiary/aromatic N) is 3. The highest BCUT2D eigenvalue weighted by Gasteiger charge is 2.42. The van der Waals surface area contributed by atoms with Crippen LogP contribution in [0.15, 0.2) is 109 Å². The second-order valence-electron chi connectivity index (χ2n) is 13.2. The van der Waals surface area contributed by atoms with Crippen molar-refractivity contribution < 1.29 is 32.6 Å². The Labute approximate surface area is 300 Å². The second-order valence-corrected chi connectivity index (χ2v) is 13.2. The zero-order valence-electron chi connectivity index (χ0n) is 28.5. The predicted molar refractivity (Wildman–Crippen MR) is 191 cm³/mol. The van der Waals surface area contributed by atoms with E-state index in [1.165, 1.54) is 6.07 Å². The number of amides is 2. The molecule has 2 aliphatic heterocycles. The summed E-state index contributed by atoms with van der Waals surface area (Å²) >= 11 is 0. The molecule has 6 rings (SSSR count). The molecule has 2 aliphatic rings. The third kappa shape index (κ3) is 8.04. The van der Waals surface area contributed by atoms with E-state index in [2.05, 4.69) is 11.9 Å². The fraction of sp³-hybridized carbons (Fsp3) is 0.293. The number of morpholine rings is 1. The van der Waals surface area contributed by atoms with Gasteiger partial charge in [0.1, 0.15) is 5.60 Å². The fourth-order valence-corrected chi connectivity index (χ4v) is 6.98. The Morgan fingerprint density at radius 1 is 0.827 bits per heavy atom. The molecule has 4 aromatic carbocycles. The zero-order valence-corrected chi connectivity index (χ0v) is 28.5. The van der Waals surface area contributed by atoms with Gasteiger partial charge in [-0.1, -0.05) is 61.2 Å². The summed E-state index contributed by atoms with van der Waals surface area (Å²) in [6.45, 7) is 7.00. The molecule has 2 saturated heterocycles. The molecule has 8 nitrogen and oxygen atoms in total. The molecule has 2 amide bonds. The van der Waals surface area contributed by atoms with Crippen molar-refractivity contribution in [2.45, 2.75) is 31.0 Å². The molecule has 0 aromatic heterocycles. The van der Waals surface area contributed by atoms with Crippen molar-refractivity contribution in [1.29, 1.82) is 5.26 Å². The van der Waals surface area contributed by atoms with Crippen LogP contribution in [0.25, 0.3) is 11.1 Å². The van der Waals surface area contributed by atoms with Gasteiger partial charge in [-0.3, -0.25) is 9.59 Å². The van der Waals surface area contributed by atoms with E-state index in [4.69, 9.17) is 4.74 Å². The SMILES string of the molecule is C=C(Nc1ccc(C#N)c(C(F)(F)F)c1)C(O)(Cc1cccc(-c2ccc(C(=O)N3CCOCC3)cc2)c1)C1CCN(C(=O)c2ccccc2)CC1. The van der Waals surface area contributed by atoms with Crippen molar-refractivity contribution in [2.24, 2.45) is 5.92 Å². The van der Waals surface area contributed by atoms with E-state index in [1.807, 2.05) is 42.5 Å². The van der Waals surface area contributed by atoms with Gasteiger partial charge >= 0.3 is 6.18 Å². The summed E-state index contributed by atoms with van der Waals surface area (Å²) in [4.78, 5) is 29.7. The van der Waals surface area contributed by atoms with Crippen LogP contribution in [0.3, 0.4) is 0 Å². The van der Waals surface area contributed by atoms with Crippen LogP contribution in [0.4, 0.5) is 18.9 Å². The maximum Gasteiger partial charge on any atom is 0.417 e. The number of aliphatic hydroxyl groups is 1. The Morgan fingerprint density at radius 3 is 2.10 bits per heavy atom. The molecule has 11 heteroatoms. The van der Waals surface area contributed by atoms with E-state index < -0.39 is 28.8 Å². The lowest BCUT2D eigenvalue weighted by molar-refractivity contribution is -0.137. The minimum absolute atomic E-state index is 0.0342. The van der Waals surface area contributed by atoms with Gasteiger partial charge < -0.3 is 25.0 Å². The second kappa shape index (κ2) is 15.4. The quantitative estimate of drug-likeness (QED) is 0.191. The first-order chi connectivity index (χ1) is 25.0. The summed E-state index contributed by atoms with van der Waals surface area (Å²) in [5.74, 6) is -0.565. The molecule has 2 N–H and O–H groups in total. The van der Waals surface area contributed by atoms with Crippen molar-refractivity contribution in [3.05, 3.63) is 137 Å². The molecule has 0 aliphatic carbocycles. The normalized spacial score (nSPS) is 16.4. The zero-order chi connectivity index (χ0) is 36.9. The molecule has 0 spiro atoms. The number of anilines is 1. The lowest BCUT2D eigenvalue weighted by Gasteiger charge is -2.43. The highest BCUT2D eigenvalue weighted by atomic mass is 19.4. The molecule has 1 atom stereocenters. The minimum Gasteiger partial charge on any atom is -0.383 e. The Kier molecular flexibility index (Phi) is 10.8. The van der Waals surface area contributed by atoms with Crippen LogP contribution < -0.4 is 5.32 Å². The summed E-state index contributed by atoms with van der Waals surface area (Å²) < 4.78 is 46.8. The highest BCUT2D eigenvalue weighted by Crippen LogP contribution is 2.39. The average molecular weight is 709 g/mol. The van der Waals surface area contributed by atoms with Crippen LogP contribution in [0.2, 0.25) is 0 Å². The lowest BCUT2D eigenvalue weighted by atomic mass is 9.74. The standard InChI is InChI=1S/C41H39F3N4O4/c1-28(46-36-15-14-34(27-45)37(25-36)41(42,43)44)40(51,35-16-18-47(19-17-35)38(49)31-7-3-2-4-8-31)26-29-6-5-9-33(24-29)30-10-12-32(13-11-30)39(50)48-20-22-52-23-21-48/h2-15,24-25,35,46,51H,1,16-23,26H2. The lowest BCUT2D eigenvalue weighted by Crippen LogP contribution is -2.50. The maximum atomic E-state index is 13.8. The van der Waals surface area contributed by atoms with Crippen molar-refractivity contribution in [3.63, 3.8) is 0 Å². The largest absolute Gasteiger partial charge is 0.417 e. The van der Waals surface area contributed by atoms with Gasteiger partial charge in [0.2, 0.25) is 0 Å². The van der Waals surface area contributed by atoms with Gasteiger partial charge in [-0.2, -0.15) is 18.4 Å². The monoisotopic (exact) mass is 708 g/mol. The number of benzene rings is 4. The van der Waals surface area contributed by atoms with Crippen molar-refractivity contribution >= 4 is 17.5 Å². The van der Waals surface area contributed by atoms with Gasteiger partial charge in [0.25, 0.3) is 11.8 Å². The van der Waals surface area contributed by atoms with E-state index in [0.29, 0.717) is 63.4 Å². The van der Waals surface area contributed by atoms with Gasteiger partial charge in [-0.15, -0.1) is 0 Å². The van der Waals surface area contributed by atoms with Crippen molar-refractivity contribution in [2.75, 3.05) is 44.7 Å². The first kappa shape index (κ1) is 36.4. The number of carbonyl (C=O) groups is 2. The molecule has 1 unspecified atom stereocenters. The third-order valence-electron chi connectivity index (χ3n) is 9.91. The van der Waals surface area contributed by atoms with Crippen LogP contribution in [0, 0.1) is 17.2 Å². The number of likely N-dealkylation sites (tertiary alicyclic amines) is 1. The number of rotatable bonds is 9. The molecular formula is C41H39F3N4O4. The molecule has 0 saturated carbocycles. The van der Waals surface area contributed by atoms with Crippen molar-refractivity contribution in [3.8, 4) is 17.2 Å². The topological polar surface area (TPSA) is 106 Å². The molecule has 268 valence electrons. The minimum atomic E-state index is -4.76. The van der Waals surface area contributed by atoms with Gasteiger partial charge in [0.15, 0.2) is 0 Å². The number of piperidine rings is 1. The molecule has 52 heavy (non-hydrogen) atoms. The first-order valence-electron chi connectivity index (χ1n) is 17.2. The number of hydrogen-bond acceptors (Lipinski definition) is 6. The van der Waals surface area contributed by atoms with Gasteiger partial charge in [0, 0.05) is 55.1 Å². The van der Waals surface area contributed by atoms with Crippen LogP contribution in [-0.4, -0.2) is 71.7 Å². The number of alkyl halides is 3. The van der Waals surface area contributed by atoms with Crippen LogP contribution in [-0.2, 0) is 17.3 Å². The Balaban J connectivity index is 1.25. The van der Waals surface area contributed by atoms with Gasteiger partial charge in [-0.05, 0) is 77.9 Å². The number of carbonyl (C=O) groups excluding carboxylic acids is 2. The molecule has 2 fully saturated rings. The summed E-state index contributed by atoms with van der Waals surface area (Å²) in [6.07, 6.45) is -3.82. The highest BCUT2D eigenvalue weighted by molar-refractivity contribution is 5.95. The molecule has 0 bridgehead atoms. The van der Waals surface area contributed by atoms with Crippen molar-refractivity contribution in [1.82, 2.24) is 9.80 Å². The van der Waals surface area contributed by atoms with E-state index >= 15 is 0 Å². The van der Waals surface area contributed by atoms with Crippen LogP contribution >= 0.6 is 0 Å². The van der Waals surface area contributed by atoms with E-state index in [1.54, 1.807) is 52.3 Å². The first-order valence-corrected chi connectivity index (χ1v) is 17.2. The van der Waals surface area contributed by atoms with Crippen LogP contribution in [0.5, 0.6) is 0 Å². The van der Waals surface area contributed by atoms with E-state index in [9.17, 15) is 33.1 Å². The summed E-state index contributed by atoms with van der Waals surface area (Å²) in [7, 11) is 0. The Bertz CT molecular complexity index is 1960. The van der Waals surface area contributed by atoms with Gasteiger partial charge in [-0.25, -0.2) is 0 Å². The fourth-order valence-electron chi connectivity index (χ4n) is 6.98. The molecular weight excluding hydrogens is 669 g/mol. The third-order valence-corrected chi connectivity index (χ3v) is 9.91. The Hall–Kier alpha value is -5.44. The summed E-state index contributed by atoms with van der Waals surface area (Å²) in [5, 5.41) is 24.8. The number of ether oxygens (including phenoxy) is 1. The molecule has 4 aromatic rings. The Morgan fingerprint density at radius 2 is 1.46 bits per heavy atom. The summed E-state index contributed by atoms with van der Waals surface area (Å²) in [5.41, 5.74) is 0.530. The maximum absolute atomic E-state index is 13.8. The number of nitrogens with one attached hydrogen (secondary N) is 1. The number of hydrogen-bond donors (Lipinski definition) is 2. The van der Waals surface area contributed by atoms with Crippen LogP contribution in [0.1, 0.15) is 50.2 Å². The average Bonchev–Trinajstić information content (AvgIpc) is 3.17. The van der Waals surface area contributed by atoms with E-state index in [0.717, 1.165) is 28.8 Å². The predicted octanol–water partition coefficient (Wildman–Crippen LogP) is 7.17. The number of nitriles is 1. The van der Waals surface area contributed by atoms with Gasteiger partial charge in [0.05, 0.1) is 30.4 Å². The summed E-state index contributed by atoms with van der Waals surface area (Å²) in [6, 6.07) is 28.8. The molecule has 2 heterocycles. The molecule has 0 radical (unpaired) electrons. The van der Waals surface area contributed by atoms with E-state index in [-0.39, 0.29) is 29.6 Å². The number of halogens is 3. The smallest absolute Gasteiger partial charge is 0.383 e.